The number of hydrogen-bond donors (Lipinski definition) is 2. The summed E-state index contributed by atoms with van der Waals surface area (Å²) in [6.45, 7) is 5.96. The number of benzene rings is 1. The van der Waals surface area contributed by atoms with E-state index in [-0.39, 0.29) is 5.84 Å². The van der Waals surface area contributed by atoms with E-state index in [2.05, 4.69) is 10.2 Å². The molecule has 5 nitrogen and oxygen atoms in total. The second-order valence-corrected chi connectivity index (χ2v) is 2.95. The number of methoxy groups -OCH3 is 1. The smallest absolute Gasteiger partial charge is 0.157 e. The number of nitrogens with zero attached hydrogens (tertiary/aromatic N) is 2. The minimum absolute atomic E-state index is 0.275. The summed E-state index contributed by atoms with van der Waals surface area (Å²) < 4.78 is 5.16. The summed E-state index contributed by atoms with van der Waals surface area (Å²) in [6.07, 6.45) is 1.08. The average Bonchev–Trinajstić information content (AvgIpc) is 2.38. The van der Waals surface area contributed by atoms with E-state index in [1.165, 1.54) is 0 Å². The first-order valence-electron chi connectivity index (χ1n) is 5.40. The van der Waals surface area contributed by atoms with Gasteiger partial charge in [-0.1, -0.05) is 25.5 Å². The van der Waals surface area contributed by atoms with Gasteiger partial charge in [-0.15, -0.1) is 10.2 Å². The molecule has 0 heterocycles. The van der Waals surface area contributed by atoms with E-state index in [0.717, 1.165) is 11.9 Å². The van der Waals surface area contributed by atoms with Crippen molar-refractivity contribution < 1.29 is 4.74 Å². The van der Waals surface area contributed by atoms with Gasteiger partial charge in [0.2, 0.25) is 0 Å². The fourth-order valence-corrected chi connectivity index (χ4v) is 1.17. The molecule has 1 aromatic rings. The highest BCUT2D eigenvalue weighted by molar-refractivity contribution is 6.00. The first-order chi connectivity index (χ1) is 8.19. The fourth-order valence-electron chi connectivity index (χ4n) is 1.17. The van der Waals surface area contributed by atoms with Gasteiger partial charge in [-0.05, 0) is 19.1 Å². The molecule has 0 amide bonds. The van der Waals surface area contributed by atoms with Crippen LogP contribution < -0.4 is 16.2 Å². The molecule has 0 spiro atoms. The van der Waals surface area contributed by atoms with E-state index >= 15 is 0 Å². The van der Waals surface area contributed by atoms with Crippen LogP contribution in [-0.2, 0) is 0 Å². The van der Waals surface area contributed by atoms with Crippen molar-refractivity contribution in [3.8, 4) is 5.75 Å². The Bertz CT molecular complexity index is 399. The maximum atomic E-state index is 5.73. The van der Waals surface area contributed by atoms with Gasteiger partial charge in [-0.3, -0.25) is 0 Å². The van der Waals surface area contributed by atoms with Crippen molar-refractivity contribution in [2.24, 2.45) is 21.7 Å². The van der Waals surface area contributed by atoms with Crippen LogP contribution in [0.3, 0.4) is 0 Å². The van der Waals surface area contributed by atoms with Crippen LogP contribution >= 0.6 is 0 Å². The minimum atomic E-state index is 0.275. The van der Waals surface area contributed by atoms with Crippen LogP contribution in [0.1, 0.15) is 25.0 Å². The molecular formula is C12H20N4O. The second kappa shape index (κ2) is 8.15. The number of ether oxygens (including phenoxy) is 1. The average molecular weight is 236 g/mol. The standard InChI is InChI=1S/C10H14N4O.C2H6/c1-7-3-4-9(15-2)8(5-7)10(12)14-13-6-11;1-2/h3-6H,1-2H3,(H2,11,13)(H2,12,14);1-2H3. The summed E-state index contributed by atoms with van der Waals surface area (Å²) in [6, 6.07) is 5.64. The summed E-state index contributed by atoms with van der Waals surface area (Å²) in [7, 11) is 1.58. The molecule has 4 N–H and O–H groups in total. The van der Waals surface area contributed by atoms with Crippen LogP contribution in [0, 0.1) is 6.92 Å². The quantitative estimate of drug-likeness (QED) is 0.475. The molecule has 0 aliphatic rings. The van der Waals surface area contributed by atoms with Gasteiger partial charge >= 0.3 is 0 Å². The van der Waals surface area contributed by atoms with Gasteiger partial charge in [0.1, 0.15) is 12.1 Å². The third-order valence-corrected chi connectivity index (χ3v) is 1.86. The van der Waals surface area contributed by atoms with Crippen molar-refractivity contribution in [2.45, 2.75) is 20.8 Å². The molecule has 0 saturated carbocycles. The monoisotopic (exact) mass is 236 g/mol. The summed E-state index contributed by atoms with van der Waals surface area (Å²) >= 11 is 0. The molecule has 0 aliphatic carbocycles. The normalized spacial score (nSPS) is 10.9. The second-order valence-electron chi connectivity index (χ2n) is 2.95. The lowest BCUT2D eigenvalue weighted by Gasteiger charge is -2.07. The summed E-state index contributed by atoms with van der Waals surface area (Å²) in [5, 5.41) is 7.23. The number of hydrogen-bond acceptors (Lipinski definition) is 3. The van der Waals surface area contributed by atoms with Crippen LogP contribution in [0.4, 0.5) is 0 Å². The zero-order chi connectivity index (χ0) is 13.3. The minimum Gasteiger partial charge on any atom is -0.496 e. The summed E-state index contributed by atoms with van der Waals surface area (Å²) in [5.41, 5.74) is 12.6. The molecule has 0 saturated heterocycles. The van der Waals surface area contributed by atoms with Gasteiger partial charge in [-0.25, -0.2) is 0 Å². The van der Waals surface area contributed by atoms with Crippen molar-refractivity contribution in [3.05, 3.63) is 29.3 Å². The fraction of sp³-hybridized carbons (Fsp3) is 0.333. The van der Waals surface area contributed by atoms with Crippen LogP contribution in [0.5, 0.6) is 5.75 Å². The van der Waals surface area contributed by atoms with E-state index < -0.39 is 0 Å². The Morgan fingerprint density at radius 2 is 2.00 bits per heavy atom. The van der Waals surface area contributed by atoms with Crippen molar-refractivity contribution >= 4 is 12.2 Å². The lowest BCUT2D eigenvalue weighted by molar-refractivity contribution is 0.414. The number of aryl methyl sites for hydroxylation is 1. The van der Waals surface area contributed by atoms with Gasteiger partial charge in [0.15, 0.2) is 5.84 Å². The molecule has 0 fully saturated rings. The third-order valence-electron chi connectivity index (χ3n) is 1.86. The maximum Gasteiger partial charge on any atom is 0.157 e. The molecule has 0 aliphatic heterocycles. The lowest BCUT2D eigenvalue weighted by atomic mass is 10.1. The molecule has 1 rings (SSSR count). The number of amidine groups is 1. The van der Waals surface area contributed by atoms with E-state index in [9.17, 15) is 0 Å². The molecule has 5 heteroatoms. The van der Waals surface area contributed by atoms with Gasteiger partial charge in [0.05, 0.1) is 12.7 Å². The van der Waals surface area contributed by atoms with Gasteiger partial charge in [-0.2, -0.15) is 0 Å². The van der Waals surface area contributed by atoms with Gasteiger partial charge in [0.25, 0.3) is 0 Å². The van der Waals surface area contributed by atoms with Crippen molar-refractivity contribution in [3.63, 3.8) is 0 Å². The molecule has 0 bridgehead atoms. The summed E-state index contributed by atoms with van der Waals surface area (Å²) in [4.78, 5) is 0. The van der Waals surface area contributed by atoms with Crippen LogP contribution in [0.2, 0.25) is 0 Å². The molecule has 0 aromatic heterocycles. The van der Waals surface area contributed by atoms with Gasteiger partial charge < -0.3 is 16.2 Å². The highest BCUT2D eigenvalue weighted by atomic mass is 16.5. The largest absolute Gasteiger partial charge is 0.496 e. The molecule has 1 aromatic carbocycles. The Hall–Kier alpha value is -2.04. The number of rotatable bonds is 3. The number of nitrogens with two attached hydrogens (primary N) is 2. The van der Waals surface area contributed by atoms with Gasteiger partial charge in [0, 0.05) is 0 Å². The highest BCUT2D eigenvalue weighted by Crippen LogP contribution is 2.19. The first kappa shape index (κ1) is 15.0. The Kier molecular flexibility index (Phi) is 7.17. The molecule has 0 atom stereocenters. The topological polar surface area (TPSA) is 86.0 Å². The van der Waals surface area contributed by atoms with Crippen LogP contribution in [0.25, 0.3) is 0 Å². The molecule has 0 unspecified atom stereocenters. The molecular weight excluding hydrogens is 216 g/mol. The van der Waals surface area contributed by atoms with E-state index in [4.69, 9.17) is 16.2 Å². The van der Waals surface area contributed by atoms with Crippen LogP contribution in [-0.4, -0.2) is 19.3 Å². The van der Waals surface area contributed by atoms with Crippen molar-refractivity contribution in [1.29, 1.82) is 0 Å². The van der Waals surface area contributed by atoms with E-state index in [1.54, 1.807) is 7.11 Å². The Labute approximate surface area is 102 Å². The van der Waals surface area contributed by atoms with Crippen molar-refractivity contribution in [1.82, 2.24) is 0 Å². The Morgan fingerprint density at radius 3 is 2.53 bits per heavy atom. The molecule has 17 heavy (non-hydrogen) atoms. The molecule has 0 radical (unpaired) electrons. The SMILES string of the molecule is CC.COc1ccc(C)cc1/C(N)=N/N=C\N. The zero-order valence-corrected chi connectivity index (χ0v) is 10.8. The van der Waals surface area contributed by atoms with E-state index in [0.29, 0.717) is 11.3 Å². The Balaban J connectivity index is 0.00000121. The third kappa shape index (κ3) is 4.55. The summed E-state index contributed by atoms with van der Waals surface area (Å²) in [5.74, 6) is 0.936. The Morgan fingerprint density at radius 1 is 1.35 bits per heavy atom. The lowest BCUT2D eigenvalue weighted by Crippen LogP contribution is -2.14. The highest BCUT2D eigenvalue weighted by Gasteiger charge is 2.06. The maximum absolute atomic E-state index is 5.73. The zero-order valence-electron chi connectivity index (χ0n) is 10.8. The van der Waals surface area contributed by atoms with Crippen molar-refractivity contribution in [2.75, 3.05) is 7.11 Å². The first-order valence-corrected chi connectivity index (χ1v) is 5.40. The van der Waals surface area contributed by atoms with E-state index in [1.807, 2.05) is 39.0 Å². The van der Waals surface area contributed by atoms with Crippen LogP contribution in [0.15, 0.2) is 28.4 Å². The molecule has 94 valence electrons. The predicted octanol–water partition coefficient (Wildman–Crippen LogP) is 1.64. The predicted molar refractivity (Wildman–Crippen MR) is 72.5 cm³/mol.